The van der Waals surface area contributed by atoms with Gasteiger partial charge in [0.1, 0.15) is 0 Å². The number of benzene rings is 2. The van der Waals surface area contributed by atoms with Crippen molar-refractivity contribution in [3.8, 4) is 5.69 Å². The third-order valence-electron chi connectivity index (χ3n) is 3.06. The summed E-state index contributed by atoms with van der Waals surface area (Å²) in [4.78, 5) is 0. The van der Waals surface area contributed by atoms with Crippen LogP contribution < -0.4 is 5.32 Å². The van der Waals surface area contributed by atoms with E-state index >= 15 is 0 Å². The Morgan fingerprint density at radius 3 is 2.71 bits per heavy atom. The summed E-state index contributed by atoms with van der Waals surface area (Å²) >= 11 is 12.1. The average molecular weight is 319 g/mol. The number of para-hydroxylation sites is 2. The molecule has 1 heterocycles. The largest absolute Gasteiger partial charge is 0.379 e. The molecule has 21 heavy (non-hydrogen) atoms. The Morgan fingerprint density at radius 2 is 1.95 bits per heavy atom. The quantitative estimate of drug-likeness (QED) is 0.784. The molecular formula is C15H12Cl2N4. The number of nitrogens with zero attached hydrogens (tertiary/aromatic N) is 3. The van der Waals surface area contributed by atoms with Crippen molar-refractivity contribution in [2.45, 2.75) is 6.54 Å². The van der Waals surface area contributed by atoms with Crippen LogP contribution in [0.25, 0.3) is 5.69 Å². The zero-order valence-corrected chi connectivity index (χ0v) is 12.5. The van der Waals surface area contributed by atoms with E-state index in [9.17, 15) is 0 Å². The van der Waals surface area contributed by atoms with Gasteiger partial charge in [0.25, 0.3) is 0 Å². The van der Waals surface area contributed by atoms with Crippen LogP contribution in [0.1, 0.15) is 5.56 Å². The lowest BCUT2D eigenvalue weighted by molar-refractivity contribution is 0.803. The van der Waals surface area contributed by atoms with Crippen molar-refractivity contribution in [3.05, 3.63) is 70.5 Å². The summed E-state index contributed by atoms with van der Waals surface area (Å²) in [5, 5.41) is 12.5. The molecule has 0 aliphatic rings. The number of hydrogen-bond acceptors (Lipinski definition) is 3. The molecule has 0 saturated heterocycles. The zero-order chi connectivity index (χ0) is 14.7. The lowest BCUT2D eigenvalue weighted by Crippen LogP contribution is -2.05. The molecule has 0 aliphatic heterocycles. The number of aromatic nitrogens is 3. The summed E-state index contributed by atoms with van der Waals surface area (Å²) in [6.45, 7) is 0.599. The molecule has 0 bridgehead atoms. The van der Waals surface area contributed by atoms with Gasteiger partial charge in [-0.05, 0) is 29.8 Å². The van der Waals surface area contributed by atoms with Crippen LogP contribution in [0.5, 0.6) is 0 Å². The second kappa shape index (κ2) is 6.16. The minimum Gasteiger partial charge on any atom is -0.379 e. The predicted octanol–water partition coefficient (Wildman–Crippen LogP) is 4.19. The van der Waals surface area contributed by atoms with E-state index in [2.05, 4.69) is 15.6 Å². The van der Waals surface area contributed by atoms with Gasteiger partial charge in [-0.2, -0.15) is 0 Å². The van der Waals surface area contributed by atoms with Crippen LogP contribution in [0.3, 0.4) is 0 Å². The van der Waals surface area contributed by atoms with Crippen LogP contribution in [-0.4, -0.2) is 15.0 Å². The van der Waals surface area contributed by atoms with Gasteiger partial charge in [-0.1, -0.05) is 46.6 Å². The van der Waals surface area contributed by atoms with Gasteiger partial charge in [0.2, 0.25) is 0 Å². The molecule has 0 amide bonds. The van der Waals surface area contributed by atoms with Gasteiger partial charge < -0.3 is 5.32 Å². The van der Waals surface area contributed by atoms with Crippen molar-refractivity contribution in [2.24, 2.45) is 0 Å². The predicted molar refractivity (Wildman–Crippen MR) is 85.1 cm³/mol. The molecule has 1 aromatic heterocycles. The highest BCUT2D eigenvalue weighted by Crippen LogP contribution is 2.24. The van der Waals surface area contributed by atoms with Gasteiger partial charge in [-0.3, -0.25) is 0 Å². The van der Waals surface area contributed by atoms with E-state index in [1.807, 2.05) is 36.4 Å². The number of hydrogen-bond donors (Lipinski definition) is 1. The Kier molecular flexibility index (Phi) is 4.08. The van der Waals surface area contributed by atoms with Crippen molar-refractivity contribution in [3.63, 3.8) is 0 Å². The number of halogens is 2. The molecule has 0 atom stereocenters. The van der Waals surface area contributed by atoms with Crippen molar-refractivity contribution >= 4 is 28.9 Å². The van der Waals surface area contributed by atoms with Gasteiger partial charge in [-0.15, -0.1) is 5.10 Å². The van der Waals surface area contributed by atoms with Crippen LogP contribution in [0.4, 0.5) is 5.69 Å². The van der Waals surface area contributed by atoms with Gasteiger partial charge >= 0.3 is 0 Å². The fourth-order valence-corrected chi connectivity index (χ4v) is 2.49. The van der Waals surface area contributed by atoms with Crippen LogP contribution in [0, 0.1) is 0 Å². The first kappa shape index (κ1) is 13.9. The summed E-state index contributed by atoms with van der Waals surface area (Å²) in [5.74, 6) is 0. The van der Waals surface area contributed by atoms with Crippen molar-refractivity contribution in [1.82, 2.24) is 15.0 Å². The normalized spacial score (nSPS) is 10.6. The van der Waals surface area contributed by atoms with E-state index < -0.39 is 0 Å². The number of anilines is 1. The molecule has 0 radical (unpaired) electrons. The first-order chi connectivity index (χ1) is 10.2. The van der Waals surface area contributed by atoms with E-state index in [-0.39, 0.29) is 0 Å². The Balaban J connectivity index is 1.83. The Labute approximate surface area is 132 Å². The van der Waals surface area contributed by atoms with E-state index in [1.165, 1.54) is 0 Å². The topological polar surface area (TPSA) is 42.7 Å². The maximum atomic E-state index is 6.18. The van der Waals surface area contributed by atoms with Gasteiger partial charge in [0.15, 0.2) is 0 Å². The third-order valence-corrected chi connectivity index (χ3v) is 3.64. The molecular weight excluding hydrogens is 307 g/mol. The van der Waals surface area contributed by atoms with E-state index in [4.69, 9.17) is 23.2 Å². The average Bonchev–Trinajstić information content (AvgIpc) is 3.01. The summed E-state index contributed by atoms with van der Waals surface area (Å²) in [6, 6.07) is 13.4. The second-order valence-corrected chi connectivity index (χ2v) is 5.30. The van der Waals surface area contributed by atoms with E-state index in [0.29, 0.717) is 16.6 Å². The van der Waals surface area contributed by atoms with Gasteiger partial charge in [-0.25, -0.2) is 4.68 Å². The first-order valence-corrected chi connectivity index (χ1v) is 7.13. The summed E-state index contributed by atoms with van der Waals surface area (Å²) in [5.41, 5.74) is 2.86. The Hall–Kier alpha value is -2.04. The fourth-order valence-electron chi connectivity index (χ4n) is 2.02. The van der Waals surface area contributed by atoms with Gasteiger partial charge in [0.05, 0.1) is 23.8 Å². The van der Waals surface area contributed by atoms with Crippen molar-refractivity contribution < 1.29 is 0 Å². The number of nitrogens with one attached hydrogen (secondary N) is 1. The summed E-state index contributed by atoms with van der Waals surface area (Å²) < 4.78 is 1.71. The minimum atomic E-state index is 0.599. The Morgan fingerprint density at radius 1 is 1.10 bits per heavy atom. The SMILES string of the molecule is Clc1ccc(CNc2ccccc2-n2ccnn2)c(Cl)c1. The molecule has 0 spiro atoms. The molecule has 0 fully saturated rings. The fraction of sp³-hybridized carbons (Fsp3) is 0.0667. The standard InChI is InChI=1S/C15H12Cl2N4/c16-12-6-5-11(13(17)9-12)10-18-14-3-1-2-4-15(14)21-8-7-19-20-21/h1-9,18H,10H2. The lowest BCUT2D eigenvalue weighted by Gasteiger charge is -2.12. The highest BCUT2D eigenvalue weighted by molar-refractivity contribution is 6.35. The highest BCUT2D eigenvalue weighted by Gasteiger charge is 2.06. The smallest absolute Gasteiger partial charge is 0.0894 e. The molecule has 4 nitrogen and oxygen atoms in total. The van der Waals surface area contributed by atoms with E-state index in [0.717, 1.165) is 16.9 Å². The maximum Gasteiger partial charge on any atom is 0.0894 e. The molecule has 1 N–H and O–H groups in total. The van der Waals surface area contributed by atoms with Crippen LogP contribution in [-0.2, 0) is 6.54 Å². The van der Waals surface area contributed by atoms with Crippen molar-refractivity contribution in [2.75, 3.05) is 5.32 Å². The molecule has 106 valence electrons. The van der Waals surface area contributed by atoms with Crippen molar-refractivity contribution in [1.29, 1.82) is 0 Å². The molecule has 0 unspecified atom stereocenters. The summed E-state index contributed by atoms with van der Waals surface area (Å²) in [6.07, 6.45) is 3.45. The Bertz CT molecular complexity index is 741. The highest BCUT2D eigenvalue weighted by atomic mass is 35.5. The molecule has 6 heteroatoms. The molecule has 0 saturated carbocycles. The van der Waals surface area contributed by atoms with Crippen LogP contribution in [0.15, 0.2) is 54.9 Å². The van der Waals surface area contributed by atoms with E-state index in [1.54, 1.807) is 23.1 Å². The summed E-state index contributed by atoms with van der Waals surface area (Å²) in [7, 11) is 0. The maximum absolute atomic E-state index is 6.18. The second-order valence-electron chi connectivity index (χ2n) is 4.45. The zero-order valence-electron chi connectivity index (χ0n) is 11.0. The monoisotopic (exact) mass is 318 g/mol. The third kappa shape index (κ3) is 3.17. The van der Waals surface area contributed by atoms with Crippen LogP contribution in [0.2, 0.25) is 10.0 Å². The molecule has 3 rings (SSSR count). The molecule has 3 aromatic rings. The van der Waals surface area contributed by atoms with Crippen LogP contribution >= 0.6 is 23.2 Å². The molecule has 0 aliphatic carbocycles. The first-order valence-electron chi connectivity index (χ1n) is 6.37. The molecule has 2 aromatic carbocycles. The number of rotatable bonds is 4. The van der Waals surface area contributed by atoms with Gasteiger partial charge in [0, 0.05) is 16.6 Å². The lowest BCUT2D eigenvalue weighted by atomic mass is 10.2. The minimum absolute atomic E-state index is 0.599.